The van der Waals surface area contributed by atoms with Crippen LogP contribution >= 0.6 is 11.3 Å². The van der Waals surface area contributed by atoms with Crippen LogP contribution in [0.5, 0.6) is 0 Å². The Morgan fingerprint density at radius 2 is 1.11 bits per heavy atom. The second-order valence-corrected chi connectivity index (χ2v) is 20.2. The third-order valence-corrected chi connectivity index (χ3v) is 12.9. The maximum Gasteiger partial charge on any atom is 0.358 e. The molecule has 81 heavy (non-hydrogen) atoms. The van der Waals surface area contributed by atoms with Gasteiger partial charge in [-0.05, 0) is 70.9 Å². The number of carbonyl (C=O) groups is 5. The molecule has 1 saturated carbocycles. The number of aromatic nitrogens is 8. The Morgan fingerprint density at radius 1 is 0.568 bits per heavy atom. The van der Waals surface area contributed by atoms with Crippen molar-refractivity contribution in [1.82, 2.24) is 39.5 Å². The van der Waals surface area contributed by atoms with E-state index in [4.69, 9.17) is 24.2 Å². The molecule has 0 bridgehead atoms. The van der Waals surface area contributed by atoms with E-state index in [2.05, 4.69) is 30.1 Å². The van der Waals surface area contributed by atoms with E-state index in [1.54, 1.807) is 45.0 Å². The van der Waals surface area contributed by atoms with Crippen LogP contribution in [-0.4, -0.2) is 94.9 Å². The Labute approximate surface area is 468 Å². The first-order valence-electron chi connectivity index (χ1n) is 25.0. The van der Waals surface area contributed by atoms with Crippen LogP contribution in [0.25, 0.3) is 45.4 Å². The van der Waals surface area contributed by atoms with Gasteiger partial charge in [-0.1, -0.05) is 130 Å². The van der Waals surface area contributed by atoms with Crippen molar-refractivity contribution in [2.45, 2.75) is 72.6 Å². The number of hydrogen-bond donors (Lipinski definition) is 5. The number of hydrogen-bond acceptors (Lipinski definition) is 14. The van der Waals surface area contributed by atoms with Crippen molar-refractivity contribution in [1.29, 1.82) is 0 Å². The molecule has 0 unspecified atom stereocenters. The second-order valence-electron chi connectivity index (χ2n) is 19.2. The average molecular weight is 1110 g/mol. The van der Waals surface area contributed by atoms with Crippen molar-refractivity contribution in [2.24, 2.45) is 0 Å². The summed E-state index contributed by atoms with van der Waals surface area (Å²) < 4.78 is 13.2. The molecule has 5 N–H and O–H groups in total. The molecule has 0 atom stereocenters. The van der Waals surface area contributed by atoms with Gasteiger partial charge in [-0.3, -0.25) is 0 Å². The summed E-state index contributed by atoms with van der Waals surface area (Å²) in [6.07, 6.45) is 3.41. The highest BCUT2D eigenvalue weighted by Crippen LogP contribution is 2.44. The van der Waals surface area contributed by atoms with Crippen LogP contribution in [0.4, 0.5) is 0 Å². The summed E-state index contributed by atoms with van der Waals surface area (Å²) in [5.74, 6) is -2.07. The molecule has 0 aliphatic heterocycles. The number of rotatable bonds is 11. The minimum Gasteiger partial charge on any atom is -0.478 e. The lowest BCUT2D eigenvalue weighted by Gasteiger charge is -2.14. The smallest absolute Gasteiger partial charge is 0.358 e. The molecule has 1 aliphatic rings. The molecule has 0 saturated heterocycles. The minimum atomic E-state index is -1.09. The first-order valence-corrected chi connectivity index (χ1v) is 25.8. The normalized spacial score (nSPS) is 11.5. The maximum atomic E-state index is 11.3. The maximum absolute atomic E-state index is 11.3. The van der Waals surface area contributed by atoms with Crippen LogP contribution in [0.1, 0.15) is 125 Å². The van der Waals surface area contributed by atoms with Gasteiger partial charge in [0.25, 0.3) is 0 Å². The number of aryl methyl sites for hydroxylation is 4. The number of carboxylic acids is 5. The van der Waals surface area contributed by atoms with E-state index in [0.29, 0.717) is 50.9 Å². The fourth-order valence-corrected chi connectivity index (χ4v) is 8.84. The van der Waals surface area contributed by atoms with Gasteiger partial charge >= 0.3 is 29.8 Å². The van der Waals surface area contributed by atoms with Gasteiger partial charge in [-0.25, -0.2) is 53.3 Å². The van der Waals surface area contributed by atoms with Crippen molar-refractivity contribution < 1.29 is 58.3 Å². The first-order chi connectivity index (χ1) is 38.6. The van der Waals surface area contributed by atoms with Gasteiger partial charge in [-0.2, -0.15) is 10.2 Å². The highest BCUT2D eigenvalue weighted by molar-refractivity contribution is 7.14. The zero-order valence-electron chi connectivity index (χ0n) is 45.0. The molecule has 0 amide bonds. The molecule has 20 nitrogen and oxygen atoms in total. The quantitative estimate of drug-likeness (QED) is 0.0804. The summed E-state index contributed by atoms with van der Waals surface area (Å²) in [6.45, 7) is 13.1. The summed E-state index contributed by atoms with van der Waals surface area (Å²) in [4.78, 5) is 72.1. The minimum absolute atomic E-state index is 0.0591. The number of thiazole rings is 1. The van der Waals surface area contributed by atoms with E-state index >= 15 is 0 Å². The molecular formula is C60H56N8O12S. The lowest BCUT2D eigenvalue weighted by atomic mass is 9.92. The van der Waals surface area contributed by atoms with Gasteiger partial charge in [-0.15, -0.1) is 11.3 Å². The molecule has 1 aliphatic carbocycles. The lowest BCUT2D eigenvalue weighted by molar-refractivity contribution is 0.0676. The van der Waals surface area contributed by atoms with E-state index in [9.17, 15) is 34.2 Å². The summed E-state index contributed by atoms with van der Waals surface area (Å²) >= 11 is 1.32. The topological polar surface area (TPSA) is 300 Å². The van der Waals surface area contributed by atoms with Crippen molar-refractivity contribution in [3.05, 3.63) is 213 Å². The molecule has 10 aromatic rings. The zero-order chi connectivity index (χ0) is 58.5. The van der Waals surface area contributed by atoms with Gasteiger partial charge in [0, 0.05) is 39.8 Å². The molecule has 6 aromatic heterocycles. The van der Waals surface area contributed by atoms with Gasteiger partial charge < -0.3 is 34.4 Å². The van der Waals surface area contributed by atoms with E-state index in [1.807, 2.05) is 137 Å². The number of benzene rings is 4. The Hall–Kier alpha value is -10.2. The van der Waals surface area contributed by atoms with Crippen molar-refractivity contribution in [3.63, 3.8) is 0 Å². The Kier molecular flexibility index (Phi) is 18.8. The largest absolute Gasteiger partial charge is 0.478 e. The van der Waals surface area contributed by atoms with Gasteiger partial charge in [0.1, 0.15) is 27.8 Å². The predicted molar refractivity (Wildman–Crippen MR) is 301 cm³/mol. The van der Waals surface area contributed by atoms with Crippen LogP contribution in [0.15, 0.2) is 161 Å². The summed E-state index contributed by atoms with van der Waals surface area (Å²) in [7, 11) is 0. The fraction of sp³-hybridized carbons (Fsp3) is 0.183. The molecule has 6 heterocycles. The molecule has 1 fully saturated rings. The van der Waals surface area contributed by atoms with Crippen LogP contribution < -0.4 is 0 Å². The van der Waals surface area contributed by atoms with Crippen molar-refractivity contribution >= 4 is 41.2 Å². The monoisotopic (exact) mass is 1110 g/mol. The van der Waals surface area contributed by atoms with Gasteiger partial charge in [0.05, 0.1) is 27.8 Å². The summed E-state index contributed by atoms with van der Waals surface area (Å²) in [6, 6.07) is 43.4. The number of para-hydroxylation sites is 1. The van der Waals surface area contributed by atoms with Gasteiger partial charge in [0.2, 0.25) is 0 Å². The van der Waals surface area contributed by atoms with Crippen molar-refractivity contribution in [3.8, 4) is 45.4 Å². The number of aromatic carboxylic acids is 5. The molecule has 4 aromatic carbocycles. The van der Waals surface area contributed by atoms with E-state index < -0.39 is 29.8 Å². The standard InChI is InChI=1S/C14H16N2O2.C13H11NO2S.C12H10O3.C11H12N4O2.C10H7NO3/c1-14(2,3)12-9-11(13(17)18)16(15-12)10-7-5-4-6-8-10;15-13(16)11-10(8-4-2-1-3-5-8)14-12(17-11)9-6-7-9;1-8-7-10(12(13)14)11(15-8)9-5-3-2-4-6-9;1-6-5-10(13-8(3)12-6)15-9(11(16)17)4-7(2)14-15;12-10(13)8-9(14-6-11-8)7-4-2-1-3-5-7/h4-9H,1-3H3,(H,17,18);1-5,9H,6-7H2,(H,15,16);2-7H,1H3,(H,13,14);4-5H,1-3H3,(H,16,17);1-6H,(H,12,13). The summed E-state index contributed by atoms with van der Waals surface area (Å²) in [5, 5.41) is 54.8. The SMILES string of the molecule is CC(C)(C)c1cc(C(=O)O)n(-c2ccccc2)n1.Cc1cc(-n2nc(C)cc2C(=O)O)nc(C)n1.Cc1cc(C(=O)O)c(-c2ccccc2)o1.O=C(O)c1ncoc1-c1ccccc1.O=C(O)c1sc(C2CC2)nc1-c1ccccc1. The third kappa shape index (κ3) is 15.3. The zero-order valence-corrected chi connectivity index (χ0v) is 45.8. The first kappa shape index (κ1) is 58.5. The Bertz CT molecular complexity index is 3780. The third-order valence-electron chi connectivity index (χ3n) is 11.7. The van der Waals surface area contributed by atoms with Crippen LogP contribution in [0.2, 0.25) is 0 Å². The van der Waals surface area contributed by atoms with Crippen molar-refractivity contribution in [2.75, 3.05) is 0 Å². The highest BCUT2D eigenvalue weighted by Gasteiger charge is 2.30. The van der Waals surface area contributed by atoms with Crippen LogP contribution in [-0.2, 0) is 5.41 Å². The average Bonchev–Trinajstić information content (AvgIpc) is 4.04. The van der Waals surface area contributed by atoms with Gasteiger partial charge in [0.15, 0.2) is 35.1 Å². The molecule has 0 spiro atoms. The second kappa shape index (κ2) is 26.0. The number of carboxylic acid groups (broad SMARTS) is 5. The number of furan rings is 1. The summed E-state index contributed by atoms with van der Waals surface area (Å²) in [5.41, 5.74) is 6.18. The molecule has 414 valence electrons. The lowest BCUT2D eigenvalue weighted by Crippen LogP contribution is -2.12. The molecule has 0 radical (unpaired) electrons. The molecular weight excluding hydrogens is 1060 g/mol. The Balaban J connectivity index is 0.000000146. The fourth-order valence-electron chi connectivity index (χ4n) is 7.75. The van der Waals surface area contributed by atoms with E-state index in [1.165, 1.54) is 32.8 Å². The number of nitrogens with zero attached hydrogens (tertiary/aromatic N) is 8. The van der Waals surface area contributed by atoms with Crippen LogP contribution in [0, 0.1) is 27.7 Å². The molecule has 21 heteroatoms. The Morgan fingerprint density at radius 3 is 1.62 bits per heavy atom. The molecule has 11 rings (SSSR count). The highest BCUT2D eigenvalue weighted by atomic mass is 32.1. The van der Waals surface area contributed by atoms with E-state index in [-0.39, 0.29) is 33.8 Å². The predicted octanol–water partition coefficient (Wildman–Crippen LogP) is 12.5. The van der Waals surface area contributed by atoms with Crippen LogP contribution in [0.3, 0.4) is 0 Å². The van der Waals surface area contributed by atoms with E-state index in [0.717, 1.165) is 52.4 Å². The number of oxazole rings is 1.